The molecule has 2 aromatic carbocycles. The first-order chi connectivity index (χ1) is 13.0. The second-order valence-electron chi connectivity index (χ2n) is 6.65. The Bertz CT molecular complexity index is 1160. The van der Waals surface area contributed by atoms with Gasteiger partial charge in [-0.15, -0.1) is 11.3 Å². The van der Waals surface area contributed by atoms with Crippen LogP contribution in [0.3, 0.4) is 0 Å². The number of fused-ring (bicyclic) bond motifs is 1. The Morgan fingerprint density at radius 1 is 0.926 bits per heavy atom. The van der Waals surface area contributed by atoms with E-state index in [1.165, 1.54) is 22.5 Å². The molecular formula is C22H19N3OS. The number of carbonyl (C=O) groups excluding carboxylic acids is 1. The summed E-state index contributed by atoms with van der Waals surface area (Å²) in [4.78, 5) is 21.7. The fourth-order valence-corrected chi connectivity index (χ4v) is 3.61. The number of aromatic nitrogens is 2. The van der Waals surface area contributed by atoms with Crippen LogP contribution in [0, 0.1) is 20.8 Å². The lowest BCUT2D eigenvalue weighted by molar-refractivity contribution is 0.102. The van der Waals surface area contributed by atoms with Gasteiger partial charge in [-0.05, 0) is 56.2 Å². The highest BCUT2D eigenvalue weighted by Crippen LogP contribution is 2.27. The molecular weight excluding hydrogens is 354 g/mol. The summed E-state index contributed by atoms with van der Waals surface area (Å²) < 4.78 is 0. The Balaban J connectivity index is 1.56. The average Bonchev–Trinajstić information content (AvgIpc) is 3.11. The standard InChI is InChI=1S/C22H19N3OS/c1-13-4-6-17(10-14(13)2)20-12-27-22(24-20)25-21(26)18-9-8-16-7-5-15(3)23-19(16)11-18/h4-12H,1-3H3,(H,24,25,26). The highest BCUT2D eigenvalue weighted by molar-refractivity contribution is 7.14. The van der Waals surface area contributed by atoms with Crippen LogP contribution in [0.15, 0.2) is 53.9 Å². The van der Waals surface area contributed by atoms with E-state index in [4.69, 9.17) is 0 Å². The van der Waals surface area contributed by atoms with Crippen LogP contribution in [0.1, 0.15) is 27.2 Å². The number of benzene rings is 2. The van der Waals surface area contributed by atoms with Crippen LogP contribution < -0.4 is 5.32 Å². The number of rotatable bonds is 3. The van der Waals surface area contributed by atoms with E-state index in [9.17, 15) is 4.79 Å². The third-order valence-electron chi connectivity index (χ3n) is 4.62. The monoisotopic (exact) mass is 373 g/mol. The molecule has 2 heterocycles. The quantitative estimate of drug-likeness (QED) is 0.513. The molecule has 27 heavy (non-hydrogen) atoms. The van der Waals surface area contributed by atoms with Crippen molar-refractivity contribution in [3.05, 3.63) is 76.3 Å². The van der Waals surface area contributed by atoms with E-state index in [1.807, 2.05) is 42.6 Å². The minimum Gasteiger partial charge on any atom is -0.298 e. The van der Waals surface area contributed by atoms with E-state index >= 15 is 0 Å². The number of aryl methyl sites for hydroxylation is 3. The van der Waals surface area contributed by atoms with Crippen LogP contribution in [0.5, 0.6) is 0 Å². The summed E-state index contributed by atoms with van der Waals surface area (Å²) in [7, 11) is 0. The van der Waals surface area contributed by atoms with E-state index in [-0.39, 0.29) is 5.91 Å². The SMILES string of the molecule is Cc1ccc2ccc(C(=O)Nc3nc(-c4ccc(C)c(C)c4)cs3)cc2n1. The summed E-state index contributed by atoms with van der Waals surface area (Å²) in [5.74, 6) is -0.179. The van der Waals surface area contributed by atoms with E-state index in [2.05, 4.69) is 47.3 Å². The van der Waals surface area contributed by atoms with Crippen molar-refractivity contribution >= 4 is 33.3 Å². The lowest BCUT2D eigenvalue weighted by Gasteiger charge is -2.04. The second kappa shape index (κ2) is 6.93. The molecule has 0 atom stereocenters. The third-order valence-corrected chi connectivity index (χ3v) is 5.38. The fourth-order valence-electron chi connectivity index (χ4n) is 2.89. The Hall–Kier alpha value is -3.05. The molecule has 0 saturated carbocycles. The number of pyridine rings is 1. The molecule has 0 fully saturated rings. The van der Waals surface area contributed by atoms with Gasteiger partial charge in [0.2, 0.25) is 0 Å². The summed E-state index contributed by atoms with van der Waals surface area (Å²) in [6.07, 6.45) is 0. The zero-order chi connectivity index (χ0) is 19.0. The van der Waals surface area contributed by atoms with Crippen LogP contribution in [-0.4, -0.2) is 15.9 Å². The number of hydrogen-bond donors (Lipinski definition) is 1. The second-order valence-corrected chi connectivity index (χ2v) is 7.51. The Labute approximate surface area is 161 Å². The zero-order valence-electron chi connectivity index (χ0n) is 15.4. The molecule has 0 bridgehead atoms. The molecule has 134 valence electrons. The number of amides is 1. The van der Waals surface area contributed by atoms with Crippen molar-refractivity contribution in [2.75, 3.05) is 5.32 Å². The molecule has 0 aliphatic heterocycles. The van der Waals surface area contributed by atoms with Crippen molar-refractivity contribution < 1.29 is 4.79 Å². The van der Waals surface area contributed by atoms with Gasteiger partial charge in [-0.1, -0.05) is 24.3 Å². The lowest BCUT2D eigenvalue weighted by atomic mass is 10.1. The van der Waals surface area contributed by atoms with Gasteiger partial charge in [0.25, 0.3) is 5.91 Å². The van der Waals surface area contributed by atoms with E-state index in [0.29, 0.717) is 10.7 Å². The van der Waals surface area contributed by atoms with Gasteiger partial charge in [0.1, 0.15) is 0 Å². The maximum Gasteiger partial charge on any atom is 0.257 e. The van der Waals surface area contributed by atoms with Crippen molar-refractivity contribution in [2.45, 2.75) is 20.8 Å². The van der Waals surface area contributed by atoms with Crippen molar-refractivity contribution in [2.24, 2.45) is 0 Å². The maximum absolute atomic E-state index is 12.6. The number of anilines is 1. The molecule has 0 radical (unpaired) electrons. The fraction of sp³-hybridized carbons (Fsp3) is 0.136. The molecule has 0 spiro atoms. The van der Waals surface area contributed by atoms with Gasteiger partial charge in [0.05, 0.1) is 11.2 Å². The van der Waals surface area contributed by atoms with Crippen molar-refractivity contribution in [1.82, 2.24) is 9.97 Å². The molecule has 5 heteroatoms. The molecule has 1 amide bonds. The molecule has 1 N–H and O–H groups in total. The van der Waals surface area contributed by atoms with Gasteiger partial charge in [-0.3, -0.25) is 15.1 Å². The molecule has 4 rings (SSSR count). The van der Waals surface area contributed by atoms with Gasteiger partial charge in [0, 0.05) is 27.6 Å². The first kappa shape index (κ1) is 17.4. The van der Waals surface area contributed by atoms with Crippen molar-refractivity contribution in [1.29, 1.82) is 0 Å². The predicted octanol–water partition coefficient (Wildman–Crippen LogP) is 5.54. The summed E-state index contributed by atoms with van der Waals surface area (Å²) in [5.41, 5.74) is 6.72. The topological polar surface area (TPSA) is 54.9 Å². The highest BCUT2D eigenvalue weighted by atomic mass is 32.1. The molecule has 4 nitrogen and oxygen atoms in total. The highest BCUT2D eigenvalue weighted by Gasteiger charge is 2.11. The number of carbonyl (C=O) groups is 1. The van der Waals surface area contributed by atoms with Gasteiger partial charge in [-0.2, -0.15) is 0 Å². The van der Waals surface area contributed by atoms with E-state index in [1.54, 1.807) is 0 Å². The minimum atomic E-state index is -0.179. The molecule has 2 aromatic heterocycles. The predicted molar refractivity (Wildman–Crippen MR) is 111 cm³/mol. The first-order valence-corrected chi connectivity index (χ1v) is 9.59. The molecule has 0 aliphatic rings. The van der Waals surface area contributed by atoms with E-state index in [0.717, 1.165) is 27.9 Å². The summed E-state index contributed by atoms with van der Waals surface area (Å²) in [6, 6.07) is 15.8. The largest absolute Gasteiger partial charge is 0.298 e. The Morgan fingerprint density at radius 3 is 2.56 bits per heavy atom. The van der Waals surface area contributed by atoms with Crippen LogP contribution in [0.25, 0.3) is 22.2 Å². The van der Waals surface area contributed by atoms with Crippen LogP contribution in [0.4, 0.5) is 5.13 Å². The Morgan fingerprint density at radius 2 is 1.74 bits per heavy atom. The number of thiazole rings is 1. The smallest absolute Gasteiger partial charge is 0.257 e. The van der Waals surface area contributed by atoms with Crippen molar-refractivity contribution in [3.8, 4) is 11.3 Å². The lowest BCUT2D eigenvalue weighted by Crippen LogP contribution is -2.11. The van der Waals surface area contributed by atoms with Gasteiger partial charge >= 0.3 is 0 Å². The molecule has 4 aromatic rings. The third kappa shape index (κ3) is 3.59. The number of nitrogens with one attached hydrogen (secondary N) is 1. The molecule has 0 saturated heterocycles. The summed E-state index contributed by atoms with van der Waals surface area (Å²) in [5, 5.41) is 6.46. The number of hydrogen-bond acceptors (Lipinski definition) is 4. The molecule has 0 aliphatic carbocycles. The van der Waals surface area contributed by atoms with Crippen LogP contribution in [-0.2, 0) is 0 Å². The normalized spacial score (nSPS) is 10.9. The van der Waals surface area contributed by atoms with Crippen LogP contribution >= 0.6 is 11.3 Å². The summed E-state index contributed by atoms with van der Waals surface area (Å²) >= 11 is 1.42. The first-order valence-electron chi connectivity index (χ1n) is 8.71. The zero-order valence-corrected chi connectivity index (χ0v) is 16.2. The Kier molecular flexibility index (Phi) is 4.46. The average molecular weight is 373 g/mol. The maximum atomic E-state index is 12.6. The van der Waals surface area contributed by atoms with E-state index < -0.39 is 0 Å². The number of nitrogens with zero attached hydrogens (tertiary/aromatic N) is 2. The summed E-state index contributed by atoms with van der Waals surface area (Å²) in [6.45, 7) is 6.12. The van der Waals surface area contributed by atoms with Crippen molar-refractivity contribution in [3.63, 3.8) is 0 Å². The van der Waals surface area contributed by atoms with Gasteiger partial charge in [-0.25, -0.2) is 4.98 Å². The molecule has 0 unspecified atom stereocenters. The van der Waals surface area contributed by atoms with Crippen LogP contribution in [0.2, 0.25) is 0 Å². The minimum absolute atomic E-state index is 0.179. The van der Waals surface area contributed by atoms with Gasteiger partial charge in [0.15, 0.2) is 5.13 Å². The van der Waals surface area contributed by atoms with Gasteiger partial charge < -0.3 is 0 Å².